The number of benzene rings is 1. The summed E-state index contributed by atoms with van der Waals surface area (Å²) in [5.41, 5.74) is 0.186. The molecular weight excluding hydrogens is 313 g/mol. The molecule has 1 amide bonds. The van der Waals surface area contributed by atoms with Crippen molar-refractivity contribution in [3.8, 4) is 5.75 Å². The Hall–Kier alpha value is -1.66. The Morgan fingerprint density at radius 1 is 1.42 bits per heavy atom. The van der Waals surface area contributed by atoms with Crippen LogP contribution >= 0.6 is 0 Å². The van der Waals surface area contributed by atoms with E-state index < -0.39 is 5.82 Å². The number of carbonyl (C=O) groups is 1. The molecular formula is C18H24FNO4. The van der Waals surface area contributed by atoms with Crippen molar-refractivity contribution >= 4 is 5.91 Å². The number of carbonyl (C=O) groups excluding carboxylic acids is 1. The zero-order chi connectivity index (χ0) is 17.2. The fourth-order valence-electron chi connectivity index (χ4n) is 3.59. The van der Waals surface area contributed by atoms with E-state index in [1.165, 1.54) is 19.2 Å². The lowest BCUT2D eigenvalue weighted by Gasteiger charge is -2.38. The van der Waals surface area contributed by atoms with E-state index in [-0.39, 0.29) is 23.4 Å². The van der Waals surface area contributed by atoms with Crippen molar-refractivity contribution in [2.75, 3.05) is 33.4 Å². The van der Waals surface area contributed by atoms with Gasteiger partial charge < -0.3 is 19.1 Å². The number of hydrogen-bond acceptors (Lipinski definition) is 4. The Morgan fingerprint density at radius 2 is 2.17 bits per heavy atom. The predicted molar refractivity (Wildman–Crippen MR) is 86.8 cm³/mol. The first-order valence-corrected chi connectivity index (χ1v) is 8.45. The fraction of sp³-hybridized carbons (Fsp3) is 0.611. The molecule has 1 aromatic carbocycles. The lowest BCUT2D eigenvalue weighted by atomic mass is 9.87. The molecule has 0 bridgehead atoms. The van der Waals surface area contributed by atoms with Gasteiger partial charge in [-0.15, -0.1) is 0 Å². The standard InChI is InChI=1S/C18H24FNO4/c1-3-23-14-11-18(24-12-14)6-8-20(9-7-18)17(21)13-4-5-16(22-2)15(19)10-13/h4-5,10,14H,3,6-9,11-12H2,1-2H3. The Morgan fingerprint density at radius 3 is 2.79 bits per heavy atom. The third-order valence-electron chi connectivity index (χ3n) is 4.94. The van der Waals surface area contributed by atoms with Crippen LogP contribution in [0.1, 0.15) is 36.5 Å². The zero-order valence-electron chi connectivity index (χ0n) is 14.2. The molecule has 5 nitrogen and oxygen atoms in total. The van der Waals surface area contributed by atoms with Crippen LogP contribution in [0.25, 0.3) is 0 Å². The van der Waals surface area contributed by atoms with Gasteiger partial charge in [-0.2, -0.15) is 0 Å². The molecule has 0 N–H and O–H groups in total. The Bertz CT molecular complexity index is 599. The van der Waals surface area contributed by atoms with E-state index in [0.29, 0.717) is 31.9 Å². The average Bonchev–Trinajstić information content (AvgIpc) is 2.98. The molecule has 2 saturated heterocycles. The molecule has 2 aliphatic heterocycles. The van der Waals surface area contributed by atoms with Gasteiger partial charge in [-0.05, 0) is 38.0 Å². The molecule has 6 heteroatoms. The number of halogens is 1. The number of piperidine rings is 1. The van der Waals surface area contributed by atoms with Gasteiger partial charge in [0.1, 0.15) is 0 Å². The largest absolute Gasteiger partial charge is 0.494 e. The first-order valence-electron chi connectivity index (χ1n) is 8.45. The van der Waals surface area contributed by atoms with Crippen molar-refractivity contribution in [2.24, 2.45) is 0 Å². The van der Waals surface area contributed by atoms with Crippen LogP contribution < -0.4 is 4.74 Å². The Labute approximate surface area is 141 Å². The monoisotopic (exact) mass is 337 g/mol. The summed E-state index contributed by atoms with van der Waals surface area (Å²) >= 11 is 0. The summed E-state index contributed by atoms with van der Waals surface area (Å²) in [6.45, 7) is 4.54. The molecule has 2 aliphatic rings. The summed E-state index contributed by atoms with van der Waals surface area (Å²) in [7, 11) is 1.40. The predicted octanol–water partition coefficient (Wildman–Crippen LogP) is 2.63. The second-order valence-corrected chi connectivity index (χ2v) is 6.42. The van der Waals surface area contributed by atoms with E-state index in [2.05, 4.69) is 0 Å². The van der Waals surface area contributed by atoms with Crippen LogP contribution in [0.4, 0.5) is 4.39 Å². The lowest BCUT2D eigenvalue weighted by Crippen LogP contribution is -2.46. The van der Waals surface area contributed by atoms with Crippen LogP contribution in [0.2, 0.25) is 0 Å². The summed E-state index contributed by atoms with van der Waals surface area (Å²) in [4.78, 5) is 14.3. The number of methoxy groups -OCH3 is 1. The fourth-order valence-corrected chi connectivity index (χ4v) is 3.59. The Balaban J connectivity index is 1.60. The van der Waals surface area contributed by atoms with Crippen molar-refractivity contribution < 1.29 is 23.4 Å². The number of amides is 1. The minimum Gasteiger partial charge on any atom is -0.494 e. The molecule has 1 unspecified atom stereocenters. The van der Waals surface area contributed by atoms with Crippen LogP contribution in [-0.4, -0.2) is 55.9 Å². The van der Waals surface area contributed by atoms with E-state index >= 15 is 0 Å². The molecule has 24 heavy (non-hydrogen) atoms. The van der Waals surface area contributed by atoms with Crippen LogP contribution in [0.5, 0.6) is 5.75 Å². The summed E-state index contributed by atoms with van der Waals surface area (Å²) < 4.78 is 30.3. The zero-order valence-corrected chi connectivity index (χ0v) is 14.2. The van der Waals surface area contributed by atoms with Crippen molar-refractivity contribution in [3.63, 3.8) is 0 Å². The SMILES string of the molecule is CCOC1COC2(CCN(C(=O)c3ccc(OC)c(F)c3)CC2)C1. The number of hydrogen-bond donors (Lipinski definition) is 0. The summed E-state index contributed by atoms with van der Waals surface area (Å²) in [6, 6.07) is 4.33. The number of likely N-dealkylation sites (tertiary alicyclic amines) is 1. The van der Waals surface area contributed by atoms with Gasteiger partial charge in [0, 0.05) is 31.7 Å². The maximum atomic E-state index is 13.8. The van der Waals surface area contributed by atoms with Crippen LogP contribution in [0.3, 0.4) is 0 Å². The first kappa shape index (κ1) is 17.2. The van der Waals surface area contributed by atoms with Gasteiger partial charge in [0.2, 0.25) is 0 Å². The van der Waals surface area contributed by atoms with E-state index in [1.807, 2.05) is 6.92 Å². The number of rotatable bonds is 4. The molecule has 2 heterocycles. The molecule has 1 aromatic rings. The van der Waals surface area contributed by atoms with Crippen molar-refractivity contribution in [2.45, 2.75) is 37.9 Å². The van der Waals surface area contributed by atoms with Gasteiger partial charge in [-0.3, -0.25) is 4.79 Å². The number of nitrogens with zero attached hydrogens (tertiary/aromatic N) is 1. The van der Waals surface area contributed by atoms with Crippen LogP contribution in [0, 0.1) is 5.82 Å². The molecule has 132 valence electrons. The minimum atomic E-state index is -0.518. The third kappa shape index (κ3) is 3.39. The van der Waals surface area contributed by atoms with Crippen LogP contribution in [0.15, 0.2) is 18.2 Å². The highest BCUT2D eigenvalue weighted by Crippen LogP contribution is 2.37. The normalized spacial score (nSPS) is 22.8. The van der Waals surface area contributed by atoms with Gasteiger partial charge >= 0.3 is 0 Å². The molecule has 1 atom stereocenters. The quantitative estimate of drug-likeness (QED) is 0.847. The summed E-state index contributed by atoms with van der Waals surface area (Å²) in [5, 5.41) is 0. The molecule has 0 aliphatic carbocycles. The molecule has 0 aromatic heterocycles. The highest BCUT2D eigenvalue weighted by atomic mass is 19.1. The van der Waals surface area contributed by atoms with Crippen LogP contribution in [-0.2, 0) is 9.47 Å². The van der Waals surface area contributed by atoms with E-state index in [4.69, 9.17) is 14.2 Å². The second-order valence-electron chi connectivity index (χ2n) is 6.42. The minimum absolute atomic E-state index is 0.144. The van der Waals surface area contributed by atoms with Crippen molar-refractivity contribution in [1.82, 2.24) is 4.90 Å². The van der Waals surface area contributed by atoms with E-state index in [9.17, 15) is 9.18 Å². The third-order valence-corrected chi connectivity index (χ3v) is 4.94. The first-order chi connectivity index (χ1) is 11.6. The van der Waals surface area contributed by atoms with Gasteiger partial charge in [0.15, 0.2) is 11.6 Å². The van der Waals surface area contributed by atoms with Gasteiger partial charge in [0.25, 0.3) is 5.91 Å². The highest BCUT2D eigenvalue weighted by Gasteiger charge is 2.43. The average molecular weight is 337 g/mol. The molecule has 2 fully saturated rings. The van der Waals surface area contributed by atoms with Crippen molar-refractivity contribution in [1.29, 1.82) is 0 Å². The summed E-state index contributed by atoms with van der Waals surface area (Å²) in [6.07, 6.45) is 2.63. The highest BCUT2D eigenvalue weighted by molar-refractivity contribution is 5.94. The van der Waals surface area contributed by atoms with Gasteiger partial charge in [0.05, 0.1) is 25.4 Å². The van der Waals surface area contributed by atoms with Crippen molar-refractivity contribution in [3.05, 3.63) is 29.6 Å². The Kier molecular flexibility index (Phi) is 5.06. The molecule has 1 spiro atoms. The maximum Gasteiger partial charge on any atom is 0.253 e. The topological polar surface area (TPSA) is 48.0 Å². The molecule has 0 saturated carbocycles. The smallest absolute Gasteiger partial charge is 0.253 e. The molecule has 0 radical (unpaired) electrons. The second kappa shape index (κ2) is 7.07. The van der Waals surface area contributed by atoms with E-state index in [0.717, 1.165) is 19.3 Å². The number of ether oxygens (including phenoxy) is 3. The van der Waals surface area contributed by atoms with E-state index in [1.54, 1.807) is 11.0 Å². The van der Waals surface area contributed by atoms with Gasteiger partial charge in [-0.25, -0.2) is 4.39 Å². The lowest BCUT2D eigenvalue weighted by molar-refractivity contribution is -0.0407. The van der Waals surface area contributed by atoms with Gasteiger partial charge in [-0.1, -0.05) is 0 Å². The molecule has 3 rings (SSSR count). The summed E-state index contributed by atoms with van der Waals surface area (Å²) in [5.74, 6) is -0.522. The maximum absolute atomic E-state index is 13.8.